The Morgan fingerprint density at radius 2 is 1.26 bits per heavy atom. The van der Waals surface area contributed by atoms with E-state index in [0.29, 0.717) is 6.42 Å². The van der Waals surface area contributed by atoms with Crippen molar-refractivity contribution in [2.75, 3.05) is 5.75 Å². The molecule has 0 bridgehead atoms. The maximum atomic E-state index is 11.1. The molecule has 0 saturated heterocycles. The van der Waals surface area contributed by atoms with Crippen molar-refractivity contribution >= 4 is 10.0 Å². The van der Waals surface area contributed by atoms with Gasteiger partial charge in [0.15, 0.2) is 0 Å². The molecule has 0 aliphatic carbocycles. The molecule has 0 aromatic heterocycles. The van der Waals surface area contributed by atoms with Crippen molar-refractivity contribution in [1.29, 1.82) is 0 Å². The number of sulfonamides is 1. The van der Waals surface area contributed by atoms with Crippen LogP contribution in [0.3, 0.4) is 0 Å². The second kappa shape index (κ2) is 12.3. The van der Waals surface area contributed by atoms with E-state index in [9.17, 15) is 8.42 Å². The molecule has 0 saturated carbocycles. The second-order valence-corrected chi connectivity index (χ2v) is 6.73. The summed E-state index contributed by atoms with van der Waals surface area (Å²) in [6.45, 7) is 2.22. The average molecular weight is 289 g/mol. The van der Waals surface area contributed by atoms with Crippen molar-refractivity contribution in [1.82, 2.24) is 0 Å². The largest absolute Gasteiger partial charge is 0.235 e. The van der Waals surface area contributed by atoms with Crippen LogP contribution in [0, 0.1) is 0 Å². The number of rotatable bonds is 13. The third-order valence-electron chi connectivity index (χ3n) is 3.17. The lowest BCUT2D eigenvalue weighted by atomic mass is 10.1. The highest BCUT2D eigenvalue weighted by Gasteiger charge is 2.06. The van der Waals surface area contributed by atoms with Crippen molar-refractivity contribution in [3.05, 3.63) is 10.4 Å². The van der Waals surface area contributed by atoms with Gasteiger partial charge in [0.2, 0.25) is 10.0 Å². The molecule has 5 nitrogen and oxygen atoms in total. The van der Waals surface area contributed by atoms with Gasteiger partial charge >= 0.3 is 0 Å². The molecule has 112 valence electrons. The second-order valence-electron chi connectivity index (χ2n) is 4.99. The van der Waals surface area contributed by atoms with E-state index in [1.54, 1.807) is 0 Å². The Kier molecular flexibility index (Phi) is 11.8. The monoisotopic (exact) mass is 289 g/mol. The Balaban J connectivity index is 3.26. The molecule has 19 heavy (non-hydrogen) atoms. The molecule has 0 atom stereocenters. The number of azide groups is 1. The van der Waals surface area contributed by atoms with E-state index in [2.05, 4.69) is 16.4 Å². The molecule has 0 fully saturated rings. The first-order valence-corrected chi connectivity index (χ1v) is 9.02. The van der Waals surface area contributed by atoms with Gasteiger partial charge < -0.3 is 0 Å². The minimum absolute atomic E-state index is 0.0198. The number of nitrogens with zero attached hydrogens (tertiary/aromatic N) is 3. The molecule has 0 aromatic rings. The Morgan fingerprint density at radius 3 is 1.68 bits per heavy atom. The van der Waals surface area contributed by atoms with Gasteiger partial charge in [0.05, 0.1) is 5.75 Å². The summed E-state index contributed by atoms with van der Waals surface area (Å²) in [6.07, 6.45) is 12.9. The summed E-state index contributed by atoms with van der Waals surface area (Å²) < 4.78 is 24.9. The van der Waals surface area contributed by atoms with E-state index >= 15 is 0 Å². The van der Waals surface area contributed by atoms with Crippen LogP contribution in [0.2, 0.25) is 0 Å². The zero-order chi connectivity index (χ0) is 14.4. The molecule has 0 spiro atoms. The number of hydrogen-bond acceptors (Lipinski definition) is 2. The summed E-state index contributed by atoms with van der Waals surface area (Å²) in [4.78, 5) is 2.31. The van der Waals surface area contributed by atoms with E-state index in [4.69, 9.17) is 5.53 Å². The normalized spacial score (nSPS) is 11.2. The molecule has 6 heteroatoms. The van der Waals surface area contributed by atoms with Crippen LogP contribution in [-0.2, 0) is 10.0 Å². The lowest BCUT2D eigenvalue weighted by Crippen LogP contribution is -2.00. The first-order chi connectivity index (χ1) is 9.12. The van der Waals surface area contributed by atoms with Crippen LogP contribution in [-0.4, -0.2) is 14.2 Å². The van der Waals surface area contributed by atoms with Crippen molar-refractivity contribution in [2.24, 2.45) is 4.52 Å². The van der Waals surface area contributed by atoms with Gasteiger partial charge in [-0.15, -0.1) is 0 Å². The van der Waals surface area contributed by atoms with Crippen LogP contribution in [0.5, 0.6) is 0 Å². The van der Waals surface area contributed by atoms with Gasteiger partial charge in [-0.1, -0.05) is 71.1 Å². The fraction of sp³-hybridized carbons (Fsp3) is 1.00. The lowest BCUT2D eigenvalue weighted by molar-refractivity contribution is 0.551. The maximum Gasteiger partial charge on any atom is 0.235 e. The van der Waals surface area contributed by atoms with Crippen molar-refractivity contribution in [2.45, 2.75) is 77.6 Å². The van der Waals surface area contributed by atoms with E-state index in [0.717, 1.165) is 12.8 Å². The predicted octanol–water partition coefficient (Wildman–Crippen LogP) is 4.94. The minimum atomic E-state index is -3.53. The summed E-state index contributed by atoms with van der Waals surface area (Å²) >= 11 is 0. The minimum Gasteiger partial charge on any atom is -0.221 e. The van der Waals surface area contributed by atoms with E-state index < -0.39 is 10.0 Å². The summed E-state index contributed by atoms with van der Waals surface area (Å²) in [6, 6.07) is 0. The molecule has 0 heterocycles. The van der Waals surface area contributed by atoms with Crippen LogP contribution in [0.4, 0.5) is 0 Å². The van der Waals surface area contributed by atoms with Crippen LogP contribution in [0.1, 0.15) is 77.6 Å². The van der Waals surface area contributed by atoms with Gasteiger partial charge in [0.1, 0.15) is 0 Å². The number of hydrogen-bond donors (Lipinski definition) is 0. The highest BCUT2D eigenvalue weighted by atomic mass is 32.2. The fourth-order valence-electron chi connectivity index (χ4n) is 2.05. The summed E-state index contributed by atoms with van der Waals surface area (Å²) in [5.74, 6) is -0.0198. The molecular formula is C13H27N3O2S. The van der Waals surface area contributed by atoms with Crippen molar-refractivity contribution < 1.29 is 8.42 Å². The molecule has 0 unspecified atom stereocenters. The summed E-state index contributed by atoms with van der Waals surface area (Å²) in [5, 5.41) is 0. The summed E-state index contributed by atoms with van der Waals surface area (Å²) in [7, 11) is -3.53. The van der Waals surface area contributed by atoms with E-state index in [1.807, 2.05) is 0 Å². The van der Waals surface area contributed by atoms with Gasteiger partial charge in [-0.2, -0.15) is 0 Å². The standard InChI is InChI=1S/C13H27N3O2S/c1-2-3-4-5-6-7-8-9-10-11-12-13-19(17,18)16-15-14/h2-13H2,1H3. The SMILES string of the molecule is CCCCCCCCCCCCCS(=O)(=O)N=[N+]=[N-]. The fourth-order valence-corrected chi connectivity index (χ4v) is 2.81. The van der Waals surface area contributed by atoms with E-state index in [1.165, 1.54) is 51.4 Å². The molecule has 0 amide bonds. The Labute approximate surface area is 117 Å². The Morgan fingerprint density at radius 1 is 0.842 bits per heavy atom. The molecule has 0 aromatic carbocycles. The smallest absolute Gasteiger partial charge is 0.221 e. The highest BCUT2D eigenvalue weighted by Crippen LogP contribution is 2.11. The van der Waals surface area contributed by atoms with Crippen LogP contribution in [0.25, 0.3) is 10.4 Å². The van der Waals surface area contributed by atoms with Gasteiger partial charge in [0, 0.05) is 9.43 Å². The maximum absolute atomic E-state index is 11.1. The van der Waals surface area contributed by atoms with E-state index in [-0.39, 0.29) is 5.75 Å². The third kappa shape index (κ3) is 13.5. The van der Waals surface area contributed by atoms with Gasteiger partial charge in [-0.25, -0.2) is 8.42 Å². The van der Waals surface area contributed by atoms with Gasteiger partial charge in [-0.05, 0) is 12.0 Å². The van der Waals surface area contributed by atoms with Crippen LogP contribution >= 0.6 is 0 Å². The van der Waals surface area contributed by atoms with Crippen molar-refractivity contribution in [3.8, 4) is 0 Å². The topological polar surface area (TPSA) is 82.9 Å². The third-order valence-corrected chi connectivity index (χ3v) is 4.29. The Bertz CT molecular complexity index is 349. The average Bonchev–Trinajstić information content (AvgIpc) is 2.36. The quantitative estimate of drug-likeness (QED) is 0.208. The molecule has 0 radical (unpaired) electrons. The molecule has 0 aliphatic rings. The highest BCUT2D eigenvalue weighted by molar-refractivity contribution is 7.89. The molecule has 0 aliphatic heterocycles. The zero-order valence-corrected chi connectivity index (χ0v) is 12.9. The molecular weight excluding hydrogens is 262 g/mol. The molecule has 0 rings (SSSR count). The zero-order valence-electron chi connectivity index (χ0n) is 12.1. The predicted molar refractivity (Wildman–Crippen MR) is 79.4 cm³/mol. The van der Waals surface area contributed by atoms with Crippen LogP contribution in [0.15, 0.2) is 4.52 Å². The van der Waals surface area contributed by atoms with Gasteiger partial charge in [0.25, 0.3) is 0 Å². The Hall–Kier alpha value is -0.740. The first kappa shape index (κ1) is 18.3. The first-order valence-electron chi connectivity index (χ1n) is 7.41. The van der Waals surface area contributed by atoms with Gasteiger partial charge in [-0.3, -0.25) is 0 Å². The summed E-state index contributed by atoms with van der Waals surface area (Å²) in [5.41, 5.74) is 8.06. The lowest BCUT2D eigenvalue weighted by Gasteiger charge is -2.02. The van der Waals surface area contributed by atoms with Crippen LogP contribution < -0.4 is 0 Å². The van der Waals surface area contributed by atoms with Crippen molar-refractivity contribution in [3.63, 3.8) is 0 Å². The number of unbranched alkanes of at least 4 members (excludes halogenated alkanes) is 10. The molecule has 0 N–H and O–H groups in total.